The molecule has 0 amide bonds. The molecule has 1 aromatic rings. The summed E-state index contributed by atoms with van der Waals surface area (Å²) in [7, 11) is -5.29. The highest BCUT2D eigenvalue weighted by atomic mass is 33.1. The van der Waals surface area contributed by atoms with Gasteiger partial charge in [0.1, 0.15) is 0 Å². The van der Waals surface area contributed by atoms with Crippen molar-refractivity contribution in [3.63, 3.8) is 0 Å². The Morgan fingerprint density at radius 3 is 2.38 bits per heavy atom. The molecule has 0 spiro atoms. The van der Waals surface area contributed by atoms with Gasteiger partial charge in [0, 0.05) is 34.7 Å². The summed E-state index contributed by atoms with van der Waals surface area (Å²) in [6.07, 6.45) is 2.97. The largest absolute Gasteiger partial charge is 0.677 e. The minimum Gasteiger partial charge on any atom is -0.329 e. The number of hydrogen-bond acceptors (Lipinski definition) is 4. The fraction of sp³-hybridized carbons (Fsp3) is 0.400. The van der Waals surface area contributed by atoms with Crippen molar-refractivity contribution in [3.05, 3.63) is 40.4 Å². The molecular formula is C15H19BF2N2O2S2. The van der Waals surface area contributed by atoms with Gasteiger partial charge in [0.25, 0.3) is 0 Å². The van der Waals surface area contributed by atoms with Crippen LogP contribution in [0.1, 0.15) is 30.8 Å². The van der Waals surface area contributed by atoms with Crippen LogP contribution >= 0.6 is 10.8 Å². The third-order valence-electron chi connectivity index (χ3n) is 3.69. The van der Waals surface area contributed by atoms with Crippen molar-refractivity contribution in [1.82, 2.24) is 4.48 Å². The highest BCUT2D eigenvalue weighted by Gasteiger charge is 2.28. The van der Waals surface area contributed by atoms with Crippen LogP contribution in [-0.2, 0) is 8.87 Å². The van der Waals surface area contributed by atoms with Crippen molar-refractivity contribution < 1.29 is 17.0 Å². The molecule has 4 nitrogen and oxygen atoms in total. The molecule has 0 aromatic carbocycles. The lowest BCUT2D eigenvalue weighted by Crippen LogP contribution is -2.18. The van der Waals surface area contributed by atoms with Crippen molar-refractivity contribution in [2.24, 2.45) is 4.99 Å². The van der Waals surface area contributed by atoms with Crippen LogP contribution in [0.3, 0.4) is 0 Å². The quantitative estimate of drug-likeness (QED) is 0.585. The first-order valence-corrected chi connectivity index (χ1v) is 10.7. The molecule has 0 saturated carbocycles. The summed E-state index contributed by atoms with van der Waals surface area (Å²) in [6, 6.07) is 1.68. The second kappa shape index (κ2) is 6.88. The number of halogens is 2. The summed E-state index contributed by atoms with van der Waals surface area (Å²) in [5.74, 6) is 0.0626. The zero-order chi connectivity index (χ0) is 18.2. The Morgan fingerprint density at radius 1 is 1.29 bits per heavy atom. The van der Waals surface area contributed by atoms with E-state index in [0.29, 0.717) is 28.2 Å². The van der Waals surface area contributed by atoms with Crippen LogP contribution in [0.15, 0.2) is 28.4 Å². The maximum absolute atomic E-state index is 13.6. The predicted molar refractivity (Wildman–Crippen MR) is 98.4 cm³/mol. The van der Waals surface area contributed by atoms with Crippen LogP contribution < -0.4 is 0 Å². The third-order valence-corrected chi connectivity index (χ3v) is 6.16. The minimum absolute atomic E-state index is 0.0626. The monoisotopic (exact) mass is 372 g/mol. The lowest BCUT2D eigenvalue weighted by atomic mass is 10.0. The molecule has 24 heavy (non-hydrogen) atoms. The highest BCUT2D eigenvalue weighted by Crippen LogP contribution is 2.35. The normalized spacial score (nSPS) is 17.0. The van der Waals surface area contributed by atoms with Gasteiger partial charge in [-0.15, -0.1) is 0 Å². The molecule has 2 rings (SSSR count). The fourth-order valence-corrected chi connectivity index (χ4v) is 4.45. The van der Waals surface area contributed by atoms with Crippen molar-refractivity contribution in [2.75, 3.05) is 12.0 Å². The molecule has 0 N–H and O–H groups in total. The first-order valence-electron chi connectivity index (χ1n) is 7.29. The summed E-state index contributed by atoms with van der Waals surface area (Å²) in [5.41, 5.74) is 4.16. The smallest absolute Gasteiger partial charge is 0.329 e. The Hall–Kier alpha value is -1.35. The molecule has 0 saturated heterocycles. The molecule has 0 radical (unpaired) electrons. The lowest BCUT2D eigenvalue weighted by Gasteiger charge is -2.15. The molecule has 0 aliphatic carbocycles. The molecule has 9 heteroatoms. The Labute approximate surface area is 145 Å². The van der Waals surface area contributed by atoms with Crippen molar-refractivity contribution in [2.45, 2.75) is 27.7 Å². The van der Waals surface area contributed by atoms with Gasteiger partial charge in [-0.3, -0.25) is 13.6 Å². The van der Waals surface area contributed by atoms with Gasteiger partial charge in [-0.25, -0.2) is 8.42 Å². The van der Waals surface area contributed by atoms with E-state index in [4.69, 9.17) is 0 Å². The van der Waals surface area contributed by atoms with E-state index in [1.165, 1.54) is 0 Å². The van der Waals surface area contributed by atoms with Gasteiger partial charge in [-0.2, -0.15) is 0 Å². The maximum atomic E-state index is 13.6. The summed E-state index contributed by atoms with van der Waals surface area (Å²) in [5, 5.41) is 0. The molecule has 0 atom stereocenters. The number of rotatable bonds is 5. The van der Waals surface area contributed by atoms with Crippen LogP contribution in [0.4, 0.5) is 8.63 Å². The Balaban J connectivity index is 2.70. The van der Waals surface area contributed by atoms with Gasteiger partial charge >= 0.3 is 7.40 Å². The standard InChI is InChI=1S/C15H19BF2N2O2S2/c1-9-6-11(3)19-14(9)13(8-23-24(5,21)22)15-10(2)7-12(4)20(15)16(17)18/h6-7H,8H2,1-5H3/b14-13-. The first kappa shape index (κ1) is 19.0. The van der Waals surface area contributed by atoms with E-state index in [2.05, 4.69) is 4.99 Å². The summed E-state index contributed by atoms with van der Waals surface area (Å²) in [4.78, 5) is 4.43. The topological polar surface area (TPSA) is 51.4 Å². The zero-order valence-electron chi connectivity index (χ0n) is 14.2. The molecule has 1 aliphatic heterocycles. The van der Waals surface area contributed by atoms with E-state index < -0.39 is 16.3 Å². The number of aliphatic imine (C=N–C) groups is 1. The number of allylic oxidation sites excluding steroid dienone is 2. The van der Waals surface area contributed by atoms with E-state index in [0.717, 1.165) is 32.8 Å². The van der Waals surface area contributed by atoms with Crippen LogP contribution in [0.5, 0.6) is 0 Å². The van der Waals surface area contributed by atoms with Gasteiger partial charge in [0.05, 0.1) is 5.70 Å². The predicted octanol–water partition coefficient (Wildman–Crippen LogP) is 3.70. The van der Waals surface area contributed by atoms with Crippen molar-refractivity contribution in [3.8, 4) is 0 Å². The summed E-state index contributed by atoms with van der Waals surface area (Å²) < 4.78 is 51.2. The fourth-order valence-electron chi connectivity index (χ4n) is 2.85. The average Bonchev–Trinajstić information content (AvgIpc) is 2.89. The Bertz CT molecular complexity index is 868. The number of hydrogen-bond donors (Lipinski definition) is 0. The molecule has 1 aromatic heterocycles. The number of aryl methyl sites for hydroxylation is 2. The Morgan fingerprint density at radius 2 is 1.92 bits per heavy atom. The van der Waals surface area contributed by atoms with Gasteiger partial charge < -0.3 is 4.48 Å². The third kappa shape index (κ3) is 4.00. The van der Waals surface area contributed by atoms with Crippen LogP contribution in [-0.4, -0.2) is 38.0 Å². The van der Waals surface area contributed by atoms with E-state index >= 15 is 0 Å². The van der Waals surface area contributed by atoms with Gasteiger partial charge in [0.2, 0.25) is 0 Å². The number of aromatic nitrogens is 1. The molecule has 0 fully saturated rings. The van der Waals surface area contributed by atoms with Crippen LogP contribution in [0, 0.1) is 13.8 Å². The molecular weight excluding hydrogens is 353 g/mol. The summed E-state index contributed by atoms with van der Waals surface area (Å²) >= 11 is 0. The first-order chi connectivity index (χ1) is 11.0. The van der Waals surface area contributed by atoms with Crippen LogP contribution in [0.2, 0.25) is 0 Å². The van der Waals surface area contributed by atoms with E-state index in [1.54, 1.807) is 19.9 Å². The second-order valence-electron chi connectivity index (χ2n) is 5.84. The minimum atomic E-state index is -3.31. The molecule has 0 unspecified atom stereocenters. The molecule has 0 bridgehead atoms. The number of nitrogens with zero attached hydrogens (tertiary/aromatic N) is 2. The van der Waals surface area contributed by atoms with Crippen LogP contribution in [0.25, 0.3) is 5.57 Å². The second-order valence-corrected chi connectivity index (χ2v) is 10.3. The maximum Gasteiger partial charge on any atom is 0.677 e. The lowest BCUT2D eigenvalue weighted by molar-refractivity contribution is 0.615. The zero-order valence-corrected chi connectivity index (χ0v) is 15.9. The molecule has 130 valence electrons. The SMILES string of the molecule is CC1=CC(C)=N/C1=C(/CSS(C)(=O)=O)c1c(C)cc(C)n1B(F)F. The van der Waals surface area contributed by atoms with Gasteiger partial charge in [0.15, 0.2) is 8.87 Å². The van der Waals surface area contributed by atoms with Crippen molar-refractivity contribution >= 4 is 38.3 Å². The Kier molecular flexibility index (Phi) is 5.44. The van der Waals surface area contributed by atoms with Crippen molar-refractivity contribution in [1.29, 1.82) is 0 Å². The molecule has 1 aliphatic rings. The average molecular weight is 372 g/mol. The van der Waals surface area contributed by atoms with E-state index in [-0.39, 0.29) is 5.75 Å². The van der Waals surface area contributed by atoms with E-state index in [9.17, 15) is 17.0 Å². The summed E-state index contributed by atoms with van der Waals surface area (Å²) in [6.45, 7) is 7.03. The molecule has 2 heterocycles. The van der Waals surface area contributed by atoms with E-state index in [1.807, 2.05) is 19.9 Å². The highest BCUT2D eigenvalue weighted by molar-refractivity contribution is 8.71. The van der Waals surface area contributed by atoms with Gasteiger partial charge in [-0.05, 0) is 61.8 Å². The van der Waals surface area contributed by atoms with Gasteiger partial charge in [-0.1, -0.05) is 0 Å².